The van der Waals surface area contributed by atoms with Crippen molar-refractivity contribution in [3.8, 4) is 5.75 Å². The Morgan fingerprint density at radius 3 is 2.90 bits per heavy atom. The van der Waals surface area contributed by atoms with Crippen molar-refractivity contribution in [2.45, 2.75) is 39.2 Å². The Hall–Kier alpha value is -1.32. The second kappa shape index (κ2) is 6.63. The average Bonchev–Trinajstić information content (AvgIpc) is 3.01. The fourth-order valence-corrected chi connectivity index (χ4v) is 3.94. The predicted octanol–water partition coefficient (Wildman–Crippen LogP) is 4.33. The summed E-state index contributed by atoms with van der Waals surface area (Å²) in [4.78, 5) is 2.86. The Morgan fingerprint density at radius 2 is 2.14 bits per heavy atom. The zero-order chi connectivity index (χ0) is 14.7. The normalized spacial score (nSPS) is 15.3. The summed E-state index contributed by atoms with van der Waals surface area (Å²) in [5, 5.41) is 3.63. The standard InChI is InChI=1S/C18H23NOS/c1-3-15-8-10-17(21-15)18(19-4-2)14-7-9-16-13(12-14)6-5-11-20-16/h7-10,12,18-19H,3-6,11H2,1-2H3. The highest BCUT2D eigenvalue weighted by Gasteiger charge is 2.18. The zero-order valence-electron chi connectivity index (χ0n) is 12.8. The van der Waals surface area contributed by atoms with Crippen LogP contribution in [0.25, 0.3) is 0 Å². The van der Waals surface area contributed by atoms with Crippen LogP contribution in [0.3, 0.4) is 0 Å². The van der Waals surface area contributed by atoms with Gasteiger partial charge in [0.1, 0.15) is 5.75 Å². The van der Waals surface area contributed by atoms with Crippen LogP contribution in [0.2, 0.25) is 0 Å². The quantitative estimate of drug-likeness (QED) is 0.887. The lowest BCUT2D eigenvalue weighted by atomic mass is 9.98. The van der Waals surface area contributed by atoms with Crippen LogP contribution >= 0.6 is 11.3 Å². The van der Waals surface area contributed by atoms with E-state index < -0.39 is 0 Å². The molecule has 1 unspecified atom stereocenters. The number of nitrogens with one attached hydrogen (secondary N) is 1. The van der Waals surface area contributed by atoms with E-state index in [4.69, 9.17) is 4.74 Å². The summed E-state index contributed by atoms with van der Waals surface area (Å²) < 4.78 is 5.73. The molecule has 1 aliphatic heterocycles. The van der Waals surface area contributed by atoms with Crippen LogP contribution < -0.4 is 10.1 Å². The smallest absolute Gasteiger partial charge is 0.122 e. The van der Waals surface area contributed by atoms with Crippen LogP contribution in [0.4, 0.5) is 0 Å². The second-order valence-corrected chi connectivity index (χ2v) is 6.67. The third-order valence-electron chi connectivity index (χ3n) is 3.99. The van der Waals surface area contributed by atoms with Gasteiger partial charge >= 0.3 is 0 Å². The number of hydrogen-bond donors (Lipinski definition) is 1. The Kier molecular flexibility index (Phi) is 4.61. The molecule has 112 valence electrons. The molecule has 1 aromatic heterocycles. The molecular formula is C18H23NOS. The molecule has 1 aromatic carbocycles. The highest BCUT2D eigenvalue weighted by molar-refractivity contribution is 7.12. The van der Waals surface area contributed by atoms with Crippen molar-refractivity contribution in [3.63, 3.8) is 0 Å². The number of fused-ring (bicyclic) bond motifs is 1. The van der Waals surface area contributed by atoms with Crippen LogP contribution in [-0.2, 0) is 12.8 Å². The lowest BCUT2D eigenvalue weighted by Gasteiger charge is -2.22. The Bertz CT molecular complexity index is 605. The summed E-state index contributed by atoms with van der Waals surface area (Å²) in [6.45, 7) is 6.21. The van der Waals surface area contributed by atoms with Crippen LogP contribution in [0.1, 0.15) is 47.2 Å². The van der Waals surface area contributed by atoms with Gasteiger partial charge in [-0.25, -0.2) is 0 Å². The topological polar surface area (TPSA) is 21.3 Å². The van der Waals surface area contributed by atoms with E-state index in [2.05, 4.69) is 49.5 Å². The summed E-state index contributed by atoms with van der Waals surface area (Å²) in [6, 6.07) is 11.5. The van der Waals surface area contributed by atoms with Gasteiger partial charge in [-0.15, -0.1) is 11.3 Å². The van der Waals surface area contributed by atoms with E-state index in [0.29, 0.717) is 6.04 Å². The average molecular weight is 301 g/mol. The molecule has 0 aliphatic carbocycles. The highest BCUT2D eigenvalue weighted by Crippen LogP contribution is 2.33. The van der Waals surface area contributed by atoms with E-state index in [9.17, 15) is 0 Å². The van der Waals surface area contributed by atoms with Gasteiger partial charge in [0, 0.05) is 9.75 Å². The molecule has 21 heavy (non-hydrogen) atoms. The SMILES string of the molecule is CCNC(c1ccc2c(c1)CCCO2)c1ccc(CC)s1. The van der Waals surface area contributed by atoms with Gasteiger partial charge in [0.05, 0.1) is 12.6 Å². The largest absolute Gasteiger partial charge is 0.493 e. The first-order valence-corrected chi connectivity index (χ1v) is 8.71. The van der Waals surface area contributed by atoms with E-state index in [1.807, 2.05) is 11.3 Å². The number of ether oxygens (including phenoxy) is 1. The minimum absolute atomic E-state index is 0.299. The lowest BCUT2D eigenvalue weighted by Crippen LogP contribution is -2.21. The van der Waals surface area contributed by atoms with Gasteiger partial charge in [-0.3, -0.25) is 0 Å². The predicted molar refractivity (Wildman–Crippen MR) is 89.5 cm³/mol. The Balaban J connectivity index is 1.93. The van der Waals surface area contributed by atoms with Crippen molar-refractivity contribution in [3.05, 3.63) is 51.2 Å². The van der Waals surface area contributed by atoms with Crippen molar-refractivity contribution < 1.29 is 4.74 Å². The van der Waals surface area contributed by atoms with Gasteiger partial charge in [0.2, 0.25) is 0 Å². The van der Waals surface area contributed by atoms with E-state index in [-0.39, 0.29) is 0 Å². The Labute approximate surface area is 131 Å². The van der Waals surface area contributed by atoms with Crippen molar-refractivity contribution in [1.82, 2.24) is 5.32 Å². The number of thiophene rings is 1. The van der Waals surface area contributed by atoms with E-state index in [1.165, 1.54) is 20.9 Å². The van der Waals surface area contributed by atoms with E-state index in [0.717, 1.165) is 38.2 Å². The van der Waals surface area contributed by atoms with Gasteiger partial charge < -0.3 is 10.1 Å². The third kappa shape index (κ3) is 3.14. The molecule has 2 aromatic rings. The van der Waals surface area contributed by atoms with E-state index >= 15 is 0 Å². The van der Waals surface area contributed by atoms with Gasteiger partial charge in [0.25, 0.3) is 0 Å². The van der Waals surface area contributed by atoms with Crippen molar-refractivity contribution in [2.75, 3.05) is 13.2 Å². The van der Waals surface area contributed by atoms with Crippen LogP contribution in [0, 0.1) is 0 Å². The first-order chi connectivity index (χ1) is 10.3. The summed E-state index contributed by atoms with van der Waals surface area (Å²) in [7, 11) is 0. The monoisotopic (exact) mass is 301 g/mol. The van der Waals surface area contributed by atoms with Gasteiger partial charge in [-0.05, 0) is 55.1 Å². The molecule has 1 N–H and O–H groups in total. The fourth-order valence-electron chi connectivity index (χ4n) is 2.89. The minimum Gasteiger partial charge on any atom is -0.493 e. The molecule has 2 heterocycles. The van der Waals surface area contributed by atoms with Crippen molar-refractivity contribution in [2.24, 2.45) is 0 Å². The molecule has 2 nitrogen and oxygen atoms in total. The highest BCUT2D eigenvalue weighted by atomic mass is 32.1. The molecule has 0 amide bonds. The number of aryl methyl sites for hydroxylation is 2. The van der Waals surface area contributed by atoms with Gasteiger partial charge in [-0.2, -0.15) is 0 Å². The number of benzene rings is 1. The number of rotatable bonds is 5. The molecule has 3 heteroatoms. The minimum atomic E-state index is 0.299. The maximum absolute atomic E-state index is 5.73. The molecule has 0 spiro atoms. The summed E-state index contributed by atoms with van der Waals surface area (Å²) in [5.74, 6) is 1.07. The zero-order valence-corrected chi connectivity index (χ0v) is 13.6. The van der Waals surface area contributed by atoms with Crippen LogP contribution in [0.5, 0.6) is 5.75 Å². The fraction of sp³-hybridized carbons (Fsp3) is 0.444. The molecule has 0 radical (unpaired) electrons. The van der Waals surface area contributed by atoms with Gasteiger partial charge in [0.15, 0.2) is 0 Å². The summed E-state index contributed by atoms with van der Waals surface area (Å²) >= 11 is 1.92. The molecule has 3 rings (SSSR count). The van der Waals surface area contributed by atoms with Crippen molar-refractivity contribution >= 4 is 11.3 Å². The van der Waals surface area contributed by atoms with E-state index in [1.54, 1.807) is 0 Å². The summed E-state index contributed by atoms with van der Waals surface area (Å²) in [6.07, 6.45) is 3.37. The molecule has 0 saturated heterocycles. The van der Waals surface area contributed by atoms with Crippen LogP contribution in [0.15, 0.2) is 30.3 Å². The maximum Gasteiger partial charge on any atom is 0.122 e. The number of hydrogen-bond acceptors (Lipinski definition) is 3. The first kappa shape index (κ1) is 14.6. The van der Waals surface area contributed by atoms with Crippen molar-refractivity contribution in [1.29, 1.82) is 0 Å². The lowest BCUT2D eigenvalue weighted by molar-refractivity contribution is 0.288. The van der Waals surface area contributed by atoms with Gasteiger partial charge in [-0.1, -0.05) is 26.0 Å². The third-order valence-corrected chi connectivity index (χ3v) is 5.28. The molecule has 0 saturated carbocycles. The van der Waals surface area contributed by atoms with Crippen LogP contribution in [-0.4, -0.2) is 13.2 Å². The maximum atomic E-state index is 5.73. The molecule has 1 atom stereocenters. The molecule has 0 fully saturated rings. The second-order valence-electron chi connectivity index (χ2n) is 5.47. The summed E-state index contributed by atoms with van der Waals surface area (Å²) in [5.41, 5.74) is 2.71. The molecule has 0 bridgehead atoms. The Morgan fingerprint density at radius 1 is 1.24 bits per heavy atom. The molecule has 1 aliphatic rings. The molecular weight excluding hydrogens is 278 g/mol. The first-order valence-electron chi connectivity index (χ1n) is 7.89.